The molecule has 0 aromatic carbocycles. The molecular formula is C18H44Br2NP. The molecule has 0 aromatic heterocycles. The molecule has 22 heavy (non-hydrogen) atoms. The third-order valence-corrected chi connectivity index (χ3v) is 5.00. The van der Waals surface area contributed by atoms with Crippen LogP contribution >= 0.6 is 26.9 Å². The molecule has 0 saturated heterocycles. The smallest absolute Gasteiger partial charge is 0.0786 e. The van der Waals surface area contributed by atoms with Crippen molar-refractivity contribution in [1.29, 1.82) is 0 Å². The van der Waals surface area contributed by atoms with Gasteiger partial charge in [-0.3, -0.25) is 0 Å². The van der Waals surface area contributed by atoms with Crippen molar-refractivity contribution in [2.24, 2.45) is 0 Å². The molecule has 0 amide bonds. The van der Waals surface area contributed by atoms with Crippen LogP contribution in [0.4, 0.5) is 0 Å². The molecule has 0 bridgehead atoms. The lowest BCUT2D eigenvalue weighted by molar-refractivity contribution is -0.923. The molecule has 1 unspecified atom stereocenters. The molecule has 0 aliphatic rings. The van der Waals surface area contributed by atoms with Gasteiger partial charge in [0.15, 0.2) is 0 Å². The Labute approximate surface area is 166 Å². The minimum absolute atomic E-state index is 0. The molecular weight excluding hydrogens is 421 g/mol. The van der Waals surface area contributed by atoms with E-state index in [9.17, 15) is 0 Å². The topological polar surface area (TPSA) is 0 Å². The highest BCUT2D eigenvalue weighted by molar-refractivity contribution is 8.93. The maximum Gasteiger partial charge on any atom is 0.0786 e. The molecule has 1 nitrogen and oxygen atoms in total. The van der Waals surface area contributed by atoms with Crippen molar-refractivity contribution >= 4 is 26.9 Å². The molecule has 0 aromatic rings. The van der Waals surface area contributed by atoms with Crippen molar-refractivity contribution < 1.29 is 21.5 Å². The fourth-order valence-electron chi connectivity index (χ4n) is 3.08. The summed E-state index contributed by atoms with van der Waals surface area (Å²) < 4.78 is 1.33. The first kappa shape index (κ1) is 31.2. The van der Waals surface area contributed by atoms with Gasteiger partial charge in [-0.25, -0.2) is 0 Å². The van der Waals surface area contributed by atoms with E-state index < -0.39 is 0 Å². The van der Waals surface area contributed by atoms with Crippen molar-refractivity contribution in [1.82, 2.24) is 0 Å². The maximum atomic E-state index is 2.35. The first-order chi connectivity index (χ1) is 9.24. The largest absolute Gasteiger partial charge is 1.00 e. The lowest BCUT2D eigenvalue weighted by atomic mass is 10.1. The van der Waals surface area contributed by atoms with Gasteiger partial charge in [0.25, 0.3) is 0 Å². The number of unbranched alkanes of at least 4 members (excludes halogenated alkanes) is 9. The van der Waals surface area contributed by atoms with Crippen LogP contribution in [-0.4, -0.2) is 30.7 Å². The van der Waals surface area contributed by atoms with Gasteiger partial charge in [0.1, 0.15) is 0 Å². The highest BCUT2D eigenvalue weighted by Gasteiger charge is 2.19. The van der Waals surface area contributed by atoms with Crippen molar-refractivity contribution in [3.63, 3.8) is 0 Å². The summed E-state index contributed by atoms with van der Waals surface area (Å²) >= 11 is 0. The molecule has 0 aliphatic heterocycles. The molecule has 0 aliphatic carbocycles. The second-order valence-corrected chi connectivity index (χ2v) is 6.20. The summed E-state index contributed by atoms with van der Waals surface area (Å²) in [4.78, 5) is 0. The molecule has 4 heteroatoms. The van der Waals surface area contributed by atoms with Gasteiger partial charge in [0.2, 0.25) is 0 Å². The van der Waals surface area contributed by atoms with Gasteiger partial charge in [-0.15, -0.1) is 17.0 Å². The van der Waals surface area contributed by atoms with E-state index in [1.807, 2.05) is 0 Å². The third-order valence-electron chi connectivity index (χ3n) is 5.00. The van der Waals surface area contributed by atoms with E-state index in [1.165, 1.54) is 94.9 Å². The first-order valence-corrected chi connectivity index (χ1v) is 9.09. The normalized spacial score (nSPS) is 10.4. The Balaban J connectivity index is -0.000000540. The molecule has 0 N–H and O–H groups in total. The molecule has 0 radical (unpaired) electrons. The highest BCUT2D eigenvalue weighted by atomic mass is 79.9. The van der Waals surface area contributed by atoms with Gasteiger partial charge < -0.3 is 21.5 Å². The van der Waals surface area contributed by atoms with E-state index in [2.05, 4.69) is 27.7 Å². The van der Waals surface area contributed by atoms with Gasteiger partial charge in [-0.05, 0) is 33.6 Å². The zero-order chi connectivity index (χ0) is 14.4. The maximum absolute atomic E-state index is 2.35. The van der Waals surface area contributed by atoms with Crippen LogP contribution < -0.4 is 17.0 Å². The minimum Gasteiger partial charge on any atom is -1.00 e. The number of nitrogens with zero attached hydrogens (tertiary/aromatic N) is 1. The summed E-state index contributed by atoms with van der Waals surface area (Å²) in [6.07, 6.45) is 14.5. The van der Waals surface area contributed by atoms with Gasteiger partial charge in [-0.1, -0.05) is 58.3 Å². The lowest BCUT2D eigenvalue weighted by Gasteiger charge is -2.35. The molecule has 0 rings (SSSR count). The van der Waals surface area contributed by atoms with Crippen LogP contribution in [0.2, 0.25) is 0 Å². The molecule has 0 spiro atoms. The van der Waals surface area contributed by atoms with Gasteiger partial charge >= 0.3 is 0 Å². The molecule has 0 fully saturated rings. The Kier molecular flexibility index (Phi) is 31.6. The fraction of sp³-hybridized carbons (Fsp3) is 1.00. The summed E-state index contributed by atoms with van der Waals surface area (Å²) in [5.74, 6) is 0. The number of hydrogen-bond donors (Lipinski definition) is 0. The summed E-state index contributed by atoms with van der Waals surface area (Å²) in [7, 11) is 0. The van der Waals surface area contributed by atoms with E-state index >= 15 is 0 Å². The summed E-state index contributed by atoms with van der Waals surface area (Å²) in [6, 6.07) is 0. The lowest BCUT2D eigenvalue weighted by Crippen LogP contribution is -3.00. The van der Waals surface area contributed by atoms with E-state index in [0.29, 0.717) is 0 Å². The standard InChI is InChI=1S/C18H40N.2BrH.H3P/c1-5-9-10-11-12-13-14-15-16-17-18-19(6-2,7-3)8-4;;;/h5-18H2,1-4H3;2*1H;1H3/q+1;;;/p-1. The zero-order valence-corrected chi connectivity index (χ0v) is 20.6. The summed E-state index contributed by atoms with van der Waals surface area (Å²) in [5, 5.41) is 0. The van der Waals surface area contributed by atoms with E-state index in [4.69, 9.17) is 0 Å². The Morgan fingerprint density at radius 1 is 0.545 bits per heavy atom. The average Bonchev–Trinajstić information content (AvgIpc) is 2.46. The Morgan fingerprint density at radius 3 is 1.18 bits per heavy atom. The molecule has 0 heterocycles. The SMILES string of the molecule is Br.CCCCCCCCCCCC[N+](CC)(CC)CC.P.[Br-]. The van der Waals surface area contributed by atoms with E-state index in [-0.39, 0.29) is 43.9 Å². The average molecular weight is 465 g/mol. The van der Waals surface area contributed by atoms with Crippen LogP contribution in [0, 0.1) is 0 Å². The van der Waals surface area contributed by atoms with Crippen LogP contribution in [-0.2, 0) is 0 Å². The monoisotopic (exact) mass is 463 g/mol. The zero-order valence-electron chi connectivity index (χ0n) is 15.8. The van der Waals surface area contributed by atoms with Crippen molar-refractivity contribution in [3.8, 4) is 0 Å². The van der Waals surface area contributed by atoms with Crippen LogP contribution in [0.5, 0.6) is 0 Å². The highest BCUT2D eigenvalue weighted by Crippen LogP contribution is 2.13. The number of quaternary nitrogens is 1. The quantitative estimate of drug-likeness (QED) is 0.210. The van der Waals surface area contributed by atoms with Crippen LogP contribution in [0.15, 0.2) is 0 Å². The Bertz CT molecular complexity index is 180. The van der Waals surface area contributed by atoms with Crippen LogP contribution in [0.3, 0.4) is 0 Å². The fourth-order valence-corrected chi connectivity index (χ4v) is 3.08. The summed E-state index contributed by atoms with van der Waals surface area (Å²) in [5.41, 5.74) is 0. The molecule has 0 saturated carbocycles. The predicted octanol–water partition coefficient (Wildman–Crippen LogP) is 3.42. The van der Waals surface area contributed by atoms with Crippen LogP contribution in [0.25, 0.3) is 0 Å². The molecule has 1 atom stereocenters. The predicted molar refractivity (Wildman–Crippen MR) is 110 cm³/mol. The number of halogens is 2. The summed E-state index contributed by atoms with van der Waals surface area (Å²) in [6.45, 7) is 14.7. The van der Waals surface area contributed by atoms with E-state index in [0.717, 1.165) is 0 Å². The van der Waals surface area contributed by atoms with Gasteiger partial charge in [0.05, 0.1) is 26.2 Å². The van der Waals surface area contributed by atoms with Crippen molar-refractivity contribution in [3.05, 3.63) is 0 Å². The first-order valence-electron chi connectivity index (χ1n) is 9.09. The van der Waals surface area contributed by atoms with Gasteiger partial charge in [0, 0.05) is 0 Å². The second kappa shape index (κ2) is 22.4. The van der Waals surface area contributed by atoms with Gasteiger partial charge in [-0.2, -0.15) is 9.90 Å². The van der Waals surface area contributed by atoms with Crippen molar-refractivity contribution in [2.45, 2.75) is 91.9 Å². The van der Waals surface area contributed by atoms with Crippen LogP contribution in [0.1, 0.15) is 91.9 Å². The number of rotatable bonds is 14. The number of hydrogen-bond acceptors (Lipinski definition) is 0. The van der Waals surface area contributed by atoms with E-state index in [1.54, 1.807) is 0 Å². The second-order valence-electron chi connectivity index (χ2n) is 6.20. The Hall–Kier alpha value is 1.35. The minimum atomic E-state index is 0. The molecule has 140 valence electrons. The Morgan fingerprint density at radius 2 is 0.864 bits per heavy atom. The van der Waals surface area contributed by atoms with Crippen molar-refractivity contribution in [2.75, 3.05) is 26.2 Å². The third kappa shape index (κ3) is 16.2.